The van der Waals surface area contributed by atoms with Crippen molar-refractivity contribution >= 4 is 11.6 Å². The molecule has 1 aromatic heterocycles. The second-order valence-corrected chi connectivity index (χ2v) is 3.42. The topological polar surface area (TPSA) is 58.8 Å². The molecule has 0 N–H and O–H groups in total. The first-order chi connectivity index (χ1) is 8.19. The van der Waals surface area contributed by atoms with Crippen molar-refractivity contribution in [3.8, 4) is 17.8 Å². The largest absolute Gasteiger partial charge is 0.423 e. The van der Waals surface area contributed by atoms with Crippen molar-refractivity contribution < 1.29 is 9.13 Å². The van der Waals surface area contributed by atoms with E-state index in [4.69, 9.17) is 21.6 Å². The Kier molecular flexibility index (Phi) is 3.17. The highest BCUT2D eigenvalue weighted by Gasteiger charge is 2.06. The van der Waals surface area contributed by atoms with E-state index in [1.54, 1.807) is 0 Å². The predicted octanol–water partition coefficient (Wildman–Crippen LogP) is 2.93. The molecule has 0 radical (unpaired) electrons. The summed E-state index contributed by atoms with van der Waals surface area (Å²) in [4.78, 5) is 7.61. The van der Waals surface area contributed by atoms with Gasteiger partial charge in [-0.15, -0.1) is 0 Å². The van der Waals surface area contributed by atoms with E-state index in [1.165, 1.54) is 24.4 Å². The van der Waals surface area contributed by atoms with Crippen LogP contribution in [0.5, 0.6) is 11.8 Å². The maximum Gasteiger partial charge on any atom is 0.323 e. The first-order valence-corrected chi connectivity index (χ1v) is 4.93. The Bertz CT molecular complexity index is 598. The minimum atomic E-state index is -0.464. The lowest BCUT2D eigenvalue weighted by Gasteiger charge is -2.05. The van der Waals surface area contributed by atoms with E-state index in [9.17, 15) is 4.39 Å². The summed E-state index contributed by atoms with van der Waals surface area (Å²) < 4.78 is 18.0. The molecule has 1 aromatic carbocycles. The van der Waals surface area contributed by atoms with Crippen molar-refractivity contribution in [1.82, 2.24) is 9.97 Å². The van der Waals surface area contributed by atoms with E-state index in [-0.39, 0.29) is 22.5 Å². The summed E-state index contributed by atoms with van der Waals surface area (Å²) in [5.74, 6) is -0.239. The summed E-state index contributed by atoms with van der Waals surface area (Å²) in [6, 6.07) is 6.96. The number of nitriles is 1. The van der Waals surface area contributed by atoms with Gasteiger partial charge in [0.2, 0.25) is 0 Å². The van der Waals surface area contributed by atoms with Crippen LogP contribution in [-0.2, 0) is 0 Å². The van der Waals surface area contributed by atoms with Crippen molar-refractivity contribution in [3.63, 3.8) is 0 Å². The fraction of sp³-hybridized carbons (Fsp3) is 0. The zero-order valence-corrected chi connectivity index (χ0v) is 9.15. The summed E-state index contributed by atoms with van der Waals surface area (Å²) in [6.07, 6.45) is 1.39. The fourth-order valence-electron chi connectivity index (χ4n) is 1.11. The van der Waals surface area contributed by atoms with E-state index >= 15 is 0 Å². The van der Waals surface area contributed by atoms with Gasteiger partial charge in [0.05, 0.1) is 5.02 Å². The first-order valence-electron chi connectivity index (χ1n) is 4.55. The van der Waals surface area contributed by atoms with Crippen LogP contribution in [0, 0.1) is 17.1 Å². The predicted molar refractivity (Wildman–Crippen MR) is 58.2 cm³/mol. The average Bonchev–Trinajstić information content (AvgIpc) is 2.33. The normalized spacial score (nSPS) is 9.71. The highest BCUT2D eigenvalue weighted by Crippen LogP contribution is 2.27. The van der Waals surface area contributed by atoms with E-state index in [0.717, 1.165) is 6.07 Å². The molecule has 4 nitrogen and oxygen atoms in total. The van der Waals surface area contributed by atoms with Gasteiger partial charge in [0.15, 0.2) is 0 Å². The summed E-state index contributed by atoms with van der Waals surface area (Å²) in [6.45, 7) is 0. The van der Waals surface area contributed by atoms with Crippen LogP contribution in [0.4, 0.5) is 4.39 Å². The second kappa shape index (κ2) is 4.76. The van der Waals surface area contributed by atoms with Gasteiger partial charge in [-0.1, -0.05) is 11.6 Å². The van der Waals surface area contributed by atoms with Crippen LogP contribution in [0.1, 0.15) is 5.69 Å². The molecular formula is C11H5ClFN3O. The molecule has 0 aliphatic carbocycles. The maximum atomic E-state index is 12.8. The number of aromatic nitrogens is 2. The van der Waals surface area contributed by atoms with Crippen LogP contribution < -0.4 is 4.74 Å². The summed E-state index contributed by atoms with van der Waals surface area (Å²) >= 11 is 5.77. The van der Waals surface area contributed by atoms with Gasteiger partial charge in [-0.25, -0.2) is 9.37 Å². The minimum absolute atomic E-state index is 0.0161. The maximum absolute atomic E-state index is 12.8. The minimum Gasteiger partial charge on any atom is -0.423 e. The third-order valence-electron chi connectivity index (χ3n) is 1.84. The van der Waals surface area contributed by atoms with Crippen molar-refractivity contribution in [2.75, 3.05) is 0 Å². The van der Waals surface area contributed by atoms with Crippen LogP contribution in [0.25, 0.3) is 0 Å². The molecule has 0 atom stereocenters. The van der Waals surface area contributed by atoms with Crippen molar-refractivity contribution in [2.24, 2.45) is 0 Å². The zero-order valence-electron chi connectivity index (χ0n) is 8.39. The van der Waals surface area contributed by atoms with Crippen molar-refractivity contribution in [3.05, 3.63) is 47.0 Å². The zero-order chi connectivity index (χ0) is 12.3. The molecule has 84 valence electrons. The van der Waals surface area contributed by atoms with Crippen molar-refractivity contribution in [1.29, 1.82) is 5.26 Å². The molecule has 0 aliphatic heterocycles. The Balaban J connectivity index is 2.28. The molecule has 0 aliphatic rings. The standard InChI is InChI=1S/C11H5ClFN3O/c12-9-5-7(13)1-2-10(9)17-11-15-4-3-8(6-14)16-11/h1-5H. The third kappa shape index (κ3) is 2.68. The molecule has 0 bridgehead atoms. The molecule has 0 amide bonds. The second-order valence-electron chi connectivity index (χ2n) is 3.01. The van der Waals surface area contributed by atoms with E-state index < -0.39 is 5.82 Å². The molecule has 0 fully saturated rings. The Morgan fingerprint density at radius 2 is 2.18 bits per heavy atom. The molecule has 0 saturated carbocycles. The van der Waals surface area contributed by atoms with E-state index in [1.807, 2.05) is 6.07 Å². The smallest absolute Gasteiger partial charge is 0.323 e. The Hall–Kier alpha value is -2.19. The summed E-state index contributed by atoms with van der Waals surface area (Å²) in [5.41, 5.74) is 0.174. The molecule has 17 heavy (non-hydrogen) atoms. The van der Waals surface area contributed by atoms with Gasteiger partial charge in [-0.2, -0.15) is 10.2 Å². The quantitative estimate of drug-likeness (QED) is 0.821. The lowest BCUT2D eigenvalue weighted by atomic mass is 10.3. The Morgan fingerprint density at radius 1 is 1.35 bits per heavy atom. The van der Waals surface area contributed by atoms with Crippen LogP contribution in [0.2, 0.25) is 5.02 Å². The highest BCUT2D eigenvalue weighted by atomic mass is 35.5. The van der Waals surface area contributed by atoms with Gasteiger partial charge >= 0.3 is 6.01 Å². The van der Waals surface area contributed by atoms with Crippen molar-refractivity contribution in [2.45, 2.75) is 0 Å². The van der Waals surface area contributed by atoms with Gasteiger partial charge in [0.25, 0.3) is 0 Å². The number of hydrogen-bond donors (Lipinski definition) is 0. The molecule has 0 saturated heterocycles. The van der Waals surface area contributed by atoms with Gasteiger partial charge < -0.3 is 4.74 Å². The first kappa shape index (κ1) is 11.3. The lowest BCUT2D eigenvalue weighted by molar-refractivity contribution is 0.440. The van der Waals surface area contributed by atoms with Gasteiger partial charge in [-0.05, 0) is 24.3 Å². The SMILES string of the molecule is N#Cc1ccnc(Oc2ccc(F)cc2Cl)n1. The van der Waals surface area contributed by atoms with Gasteiger partial charge in [0, 0.05) is 6.20 Å². The number of benzene rings is 1. The molecule has 6 heteroatoms. The number of rotatable bonds is 2. The fourth-order valence-corrected chi connectivity index (χ4v) is 1.31. The highest BCUT2D eigenvalue weighted by molar-refractivity contribution is 6.32. The number of ether oxygens (including phenoxy) is 1. The third-order valence-corrected chi connectivity index (χ3v) is 2.14. The Morgan fingerprint density at radius 3 is 2.88 bits per heavy atom. The molecule has 2 aromatic rings. The molecule has 1 heterocycles. The molecule has 0 unspecified atom stereocenters. The van der Waals surface area contributed by atoms with Crippen LogP contribution in [-0.4, -0.2) is 9.97 Å². The molecule has 0 spiro atoms. The number of hydrogen-bond acceptors (Lipinski definition) is 4. The van der Waals surface area contributed by atoms with Gasteiger partial charge in [-0.3, -0.25) is 0 Å². The molecule has 2 rings (SSSR count). The molecular weight excluding hydrogens is 245 g/mol. The number of nitrogens with zero attached hydrogens (tertiary/aromatic N) is 3. The average molecular weight is 250 g/mol. The number of halogens is 2. The van der Waals surface area contributed by atoms with Crippen LogP contribution in [0.15, 0.2) is 30.5 Å². The summed E-state index contributed by atoms with van der Waals surface area (Å²) in [5, 5.41) is 8.75. The summed E-state index contributed by atoms with van der Waals surface area (Å²) in [7, 11) is 0. The van der Waals surface area contributed by atoms with Gasteiger partial charge in [0.1, 0.15) is 23.3 Å². The lowest BCUT2D eigenvalue weighted by Crippen LogP contribution is -1.94. The van der Waals surface area contributed by atoms with Crippen LogP contribution in [0.3, 0.4) is 0 Å². The van der Waals surface area contributed by atoms with Crippen LogP contribution >= 0.6 is 11.6 Å². The van der Waals surface area contributed by atoms with E-state index in [2.05, 4.69) is 9.97 Å². The monoisotopic (exact) mass is 249 g/mol. The van der Waals surface area contributed by atoms with E-state index in [0.29, 0.717) is 0 Å². The Labute approximate surface area is 101 Å².